The second kappa shape index (κ2) is 7.15. The fraction of sp³-hybridized carbons (Fsp3) is 0.429. The van der Waals surface area contributed by atoms with Crippen LogP contribution in [0.3, 0.4) is 0 Å². The van der Waals surface area contributed by atoms with Crippen LogP contribution >= 0.6 is 0 Å². The van der Waals surface area contributed by atoms with E-state index in [9.17, 15) is 22.8 Å². The van der Waals surface area contributed by atoms with Gasteiger partial charge >= 0.3 is 12.3 Å². The maximum Gasteiger partial charge on any atom is 0.573 e. The summed E-state index contributed by atoms with van der Waals surface area (Å²) in [6, 6.07) is 3.32. The number of carboxylic acid groups (broad SMARTS) is 1. The Balaban J connectivity index is 2.89. The summed E-state index contributed by atoms with van der Waals surface area (Å²) in [5.41, 5.74) is -0.115. The van der Waals surface area contributed by atoms with Crippen molar-refractivity contribution >= 4 is 11.9 Å². The monoisotopic (exact) mass is 319 g/mol. The number of carboxylic acids is 1. The smallest absolute Gasteiger partial charge is 0.480 e. The second-order valence-corrected chi connectivity index (χ2v) is 4.75. The summed E-state index contributed by atoms with van der Waals surface area (Å²) < 4.78 is 40.1. The van der Waals surface area contributed by atoms with Crippen molar-refractivity contribution in [2.75, 3.05) is 0 Å². The van der Waals surface area contributed by atoms with E-state index < -0.39 is 30.0 Å². The third kappa shape index (κ3) is 5.27. The molecular formula is C14H16F3NO4. The van der Waals surface area contributed by atoms with Crippen molar-refractivity contribution in [3.05, 3.63) is 29.8 Å². The van der Waals surface area contributed by atoms with Gasteiger partial charge in [0.25, 0.3) is 5.91 Å². The predicted molar refractivity (Wildman–Crippen MR) is 71.5 cm³/mol. The van der Waals surface area contributed by atoms with Gasteiger partial charge in [0.05, 0.1) is 0 Å². The van der Waals surface area contributed by atoms with Crippen LogP contribution in [-0.2, 0) is 4.79 Å². The van der Waals surface area contributed by atoms with Gasteiger partial charge in [-0.15, -0.1) is 13.2 Å². The first-order chi connectivity index (χ1) is 10.1. The zero-order valence-electron chi connectivity index (χ0n) is 12.0. The van der Waals surface area contributed by atoms with E-state index in [0.29, 0.717) is 6.42 Å². The first kappa shape index (κ1) is 17.8. The van der Waals surface area contributed by atoms with Crippen molar-refractivity contribution in [1.29, 1.82) is 0 Å². The highest BCUT2D eigenvalue weighted by Gasteiger charge is 2.31. The van der Waals surface area contributed by atoms with Gasteiger partial charge in [-0.25, -0.2) is 4.79 Å². The number of rotatable bonds is 6. The quantitative estimate of drug-likeness (QED) is 0.845. The van der Waals surface area contributed by atoms with Gasteiger partial charge in [0.15, 0.2) is 0 Å². The molecule has 8 heteroatoms. The zero-order valence-corrected chi connectivity index (χ0v) is 12.0. The molecule has 0 fully saturated rings. The first-order valence-corrected chi connectivity index (χ1v) is 6.53. The van der Waals surface area contributed by atoms with Crippen LogP contribution in [-0.4, -0.2) is 29.4 Å². The minimum atomic E-state index is -4.87. The van der Waals surface area contributed by atoms with E-state index in [4.69, 9.17) is 5.11 Å². The molecule has 0 heterocycles. The molecule has 1 rings (SSSR count). The number of hydrogen-bond acceptors (Lipinski definition) is 3. The average Bonchev–Trinajstić information content (AvgIpc) is 2.41. The molecule has 0 aromatic heterocycles. The third-order valence-corrected chi connectivity index (χ3v) is 3.10. The number of amides is 1. The number of hydrogen-bond donors (Lipinski definition) is 2. The molecule has 5 nitrogen and oxygen atoms in total. The Labute approximate surface area is 125 Å². The lowest BCUT2D eigenvalue weighted by molar-refractivity contribution is -0.274. The van der Waals surface area contributed by atoms with Gasteiger partial charge < -0.3 is 15.2 Å². The molecule has 1 aromatic carbocycles. The number of carbonyl (C=O) groups excluding carboxylic acids is 1. The van der Waals surface area contributed by atoms with Crippen LogP contribution in [0.1, 0.15) is 30.6 Å². The molecule has 0 aliphatic heterocycles. The van der Waals surface area contributed by atoms with Crippen LogP contribution in [0.15, 0.2) is 24.3 Å². The predicted octanol–water partition coefficient (Wildman–Crippen LogP) is 2.81. The summed E-state index contributed by atoms with van der Waals surface area (Å²) in [4.78, 5) is 23.1. The second-order valence-electron chi connectivity index (χ2n) is 4.75. The number of ether oxygens (including phenoxy) is 1. The summed E-state index contributed by atoms with van der Waals surface area (Å²) in [6.07, 6.45) is -4.34. The number of alkyl halides is 3. The number of halogens is 3. The van der Waals surface area contributed by atoms with E-state index in [2.05, 4.69) is 10.1 Å². The van der Waals surface area contributed by atoms with Crippen LogP contribution in [0, 0.1) is 5.92 Å². The summed E-state index contributed by atoms with van der Waals surface area (Å²) in [6.45, 7) is 3.42. The van der Waals surface area contributed by atoms with Gasteiger partial charge in [0, 0.05) is 5.56 Å². The third-order valence-electron chi connectivity index (χ3n) is 3.10. The first-order valence-electron chi connectivity index (χ1n) is 6.53. The number of benzene rings is 1. The topological polar surface area (TPSA) is 75.6 Å². The molecule has 122 valence electrons. The Morgan fingerprint density at radius 1 is 1.36 bits per heavy atom. The Morgan fingerprint density at radius 3 is 2.50 bits per heavy atom. The van der Waals surface area contributed by atoms with E-state index in [0.717, 1.165) is 12.1 Å². The van der Waals surface area contributed by atoms with Crippen LogP contribution in [0.4, 0.5) is 13.2 Å². The summed E-state index contributed by atoms with van der Waals surface area (Å²) in [7, 11) is 0. The Bertz CT molecular complexity index is 545. The van der Waals surface area contributed by atoms with Crippen LogP contribution in [0.25, 0.3) is 0 Å². The molecule has 2 N–H and O–H groups in total. The van der Waals surface area contributed by atoms with Crippen LogP contribution in [0.5, 0.6) is 5.75 Å². The maximum absolute atomic E-state index is 12.1. The Kier molecular flexibility index (Phi) is 5.78. The molecule has 1 aromatic rings. The lowest BCUT2D eigenvalue weighted by atomic mass is 9.99. The van der Waals surface area contributed by atoms with Crippen molar-refractivity contribution in [2.45, 2.75) is 32.7 Å². The molecular weight excluding hydrogens is 303 g/mol. The standard InChI is InChI=1S/C14H16F3NO4/c1-3-8(2)11(13(20)21)18-12(19)9-5-4-6-10(7-9)22-14(15,16)17/h4-8,11H,3H2,1-2H3,(H,18,19)(H,20,21). The highest BCUT2D eigenvalue weighted by atomic mass is 19.4. The van der Waals surface area contributed by atoms with Gasteiger partial charge in [-0.3, -0.25) is 4.79 Å². The maximum atomic E-state index is 12.1. The van der Waals surface area contributed by atoms with Crippen LogP contribution in [0.2, 0.25) is 0 Å². The van der Waals surface area contributed by atoms with E-state index in [1.54, 1.807) is 13.8 Å². The Morgan fingerprint density at radius 2 is 2.00 bits per heavy atom. The molecule has 0 saturated carbocycles. The minimum absolute atomic E-state index is 0.115. The van der Waals surface area contributed by atoms with Crippen molar-refractivity contribution in [3.8, 4) is 5.75 Å². The number of aliphatic carboxylic acids is 1. The van der Waals surface area contributed by atoms with Gasteiger partial charge in [-0.2, -0.15) is 0 Å². The SMILES string of the molecule is CCC(C)C(NC(=O)c1cccc(OC(F)(F)F)c1)C(=O)O. The zero-order chi connectivity index (χ0) is 16.9. The van der Waals surface area contributed by atoms with Crippen molar-refractivity contribution in [1.82, 2.24) is 5.32 Å². The van der Waals surface area contributed by atoms with E-state index in [1.165, 1.54) is 12.1 Å². The highest BCUT2D eigenvalue weighted by molar-refractivity contribution is 5.96. The van der Waals surface area contributed by atoms with E-state index in [-0.39, 0.29) is 11.5 Å². The van der Waals surface area contributed by atoms with Gasteiger partial charge in [0.1, 0.15) is 11.8 Å². The molecule has 0 radical (unpaired) electrons. The normalized spacial score (nSPS) is 14.0. The summed E-state index contributed by atoms with van der Waals surface area (Å²) in [5, 5.41) is 11.4. The summed E-state index contributed by atoms with van der Waals surface area (Å²) in [5.74, 6) is -2.85. The van der Waals surface area contributed by atoms with Gasteiger partial charge in [0.2, 0.25) is 0 Å². The molecule has 0 aliphatic carbocycles. The fourth-order valence-electron chi connectivity index (χ4n) is 1.74. The van der Waals surface area contributed by atoms with Gasteiger partial charge in [-0.1, -0.05) is 26.3 Å². The molecule has 2 unspecified atom stereocenters. The Hall–Kier alpha value is -2.25. The fourth-order valence-corrected chi connectivity index (χ4v) is 1.74. The summed E-state index contributed by atoms with van der Waals surface area (Å²) >= 11 is 0. The van der Waals surface area contributed by atoms with E-state index in [1.807, 2.05) is 0 Å². The van der Waals surface area contributed by atoms with Crippen molar-refractivity contribution < 1.29 is 32.6 Å². The van der Waals surface area contributed by atoms with Crippen LogP contribution < -0.4 is 10.1 Å². The molecule has 1 amide bonds. The number of nitrogens with one attached hydrogen (secondary N) is 1. The lowest BCUT2D eigenvalue weighted by Gasteiger charge is -2.20. The van der Waals surface area contributed by atoms with Crippen molar-refractivity contribution in [3.63, 3.8) is 0 Å². The minimum Gasteiger partial charge on any atom is -0.480 e. The lowest BCUT2D eigenvalue weighted by Crippen LogP contribution is -2.45. The van der Waals surface area contributed by atoms with E-state index >= 15 is 0 Å². The molecule has 0 saturated heterocycles. The number of carbonyl (C=O) groups is 2. The molecule has 0 spiro atoms. The molecule has 2 atom stereocenters. The molecule has 0 aliphatic rings. The van der Waals surface area contributed by atoms with Crippen molar-refractivity contribution in [2.24, 2.45) is 5.92 Å². The van der Waals surface area contributed by atoms with Gasteiger partial charge in [-0.05, 0) is 24.1 Å². The molecule has 22 heavy (non-hydrogen) atoms. The highest BCUT2D eigenvalue weighted by Crippen LogP contribution is 2.23. The largest absolute Gasteiger partial charge is 0.573 e. The average molecular weight is 319 g/mol. The molecule has 0 bridgehead atoms.